The van der Waals surface area contributed by atoms with E-state index < -0.39 is 9.84 Å². The Morgan fingerprint density at radius 3 is 2.67 bits per heavy atom. The first kappa shape index (κ1) is 13.7. The maximum Gasteiger partial charge on any atom is 0.172 e. The minimum atomic E-state index is -2.80. The van der Waals surface area contributed by atoms with Crippen molar-refractivity contribution in [2.75, 3.05) is 31.1 Å². The smallest absolute Gasteiger partial charge is 0.172 e. The van der Waals surface area contributed by atoms with Crippen LogP contribution in [0.3, 0.4) is 0 Å². The summed E-state index contributed by atoms with van der Waals surface area (Å²) in [7, 11) is -2.80. The maximum atomic E-state index is 11.7. The second kappa shape index (κ2) is 5.95. The predicted molar refractivity (Wildman–Crippen MR) is 73.0 cm³/mol. The summed E-state index contributed by atoms with van der Waals surface area (Å²) >= 11 is 1.47. The van der Waals surface area contributed by atoms with E-state index in [2.05, 4.69) is 4.90 Å². The molecule has 0 amide bonds. The highest BCUT2D eigenvalue weighted by atomic mass is 32.2. The first-order chi connectivity index (χ1) is 8.57. The van der Waals surface area contributed by atoms with E-state index in [1.165, 1.54) is 11.3 Å². The number of carbonyl (C=O) groups excluding carboxylic acids is 1. The monoisotopic (exact) mass is 287 g/mol. The van der Waals surface area contributed by atoms with Gasteiger partial charge in [-0.1, -0.05) is 6.07 Å². The summed E-state index contributed by atoms with van der Waals surface area (Å²) in [5.74, 6) is 0.701. The molecule has 0 spiro atoms. The molecule has 6 heteroatoms. The number of Topliss-reactive ketones (excluding diaryl/α,β-unsaturated/α-hetero) is 1. The molecule has 0 aromatic carbocycles. The zero-order valence-corrected chi connectivity index (χ0v) is 11.8. The second-order valence-corrected chi connectivity index (χ2v) is 7.75. The average Bonchev–Trinajstić information content (AvgIpc) is 2.85. The lowest BCUT2D eigenvalue weighted by molar-refractivity contribution is 0.0979. The number of rotatable bonds is 5. The molecule has 0 radical (unpaired) electrons. The number of nitrogens with zero attached hydrogens (tertiary/aromatic N) is 1. The molecular weight excluding hydrogens is 270 g/mol. The summed E-state index contributed by atoms with van der Waals surface area (Å²) in [6.07, 6.45) is 1.35. The quantitative estimate of drug-likeness (QED) is 0.769. The van der Waals surface area contributed by atoms with Crippen LogP contribution in [0.15, 0.2) is 17.5 Å². The molecule has 1 saturated heterocycles. The largest absolute Gasteiger partial charge is 0.301 e. The molecule has 100 valence electrons. The maximum absolute atomic E-state index is 11.7. The minimum absolute atomic E-state index is 0.189. The third kappa shape index (κ3) is 3.90. The van der Waals surface area contributed by atoms with Gasteiger partial charge >= 0.3 is 0 Å². The van der Waals surface area contributed by atoms with E-state index in [0.717, 1.165) is 17.8 Å². The van der Waals surface area contributed by atoms with Crippen molar-refractivity contribution in [2.24, 2.45) is 0 Å². The lowest BCUT2D eigenvalue weighted by Gasteiger charge is -2.26. The Labute approximate surface area is 112 Å². The third-order valence-electron chi connectivity index (χ3n) is 3.11. The number of ketones is 1. The molecule has 0 unspecified atom stereocenters. The van der Waals surface area contributed by atoms with Gasteiger partial charge in [0.05, 0.1) is 16.4 Å². The van der Waals surface area contributed by atoms with Gasteiger partial charge in [0.2, 0.25) is 0 Å². The van der Waals surface area contributed by atoms with Crippen LogP contribution in [-0.4, -0.2) is 50.2 Å². The Kier molecular flexibility index (Phi) is 4.53. The normalized spacial score (nSPS) is 19.8. The summed E-state index contributed by atoms with van der Waals surface area (Å²) in [6, 6.07) is 3.73. The zero-order valence-electron chi connectivity index (χ0n) is 10.2. The van der Waals surface area contributed by atoms with Crippen molar-refractivity contribution < 1.29 is 13.2 Å². The van der Waals surface area contributed by atoms with E-state index in [9.17, 15) is 13.2 Å². The van der Waals surface area contributed by atoms with Crippen molar-refractivity contribution in [3.05, 3.63) is 22.4 Å². The van der Waals surface area contributed by atoms with Crippen LogP contribution in [0.1, 0.15) is 22.5 Å². The van der Waals surface area contributed by atoms with Crippen LogP contribution in [0.5, 0.6) is 0 Å². The van der Waals surface area contributed by atoms with Gasteiger partial charge in [0.15, 0.2) is 15.6 Å². The number of hydrogen-bond acceptors (Lipinski definition) is 5. The Bertz CT molecular complexity index is 479. The second-order valence-electron chi connectivity index (χ2n) is 4.50. The van der Waals surface area contributed by atoms with E-state index in [0.29, 0.717) is 19.5 Å². The van der Waals surface area contributed by atoms with E-state index in [1.54, 1.807) is 0 Å². The Morgan fingerprint density at radius 1 is 1.33 bits per heavy atom. The fraction of sp³-hybridized carbons (Fsp3) is 0.583. The van der Waals surface area contributed by atoms with Gasteiger partial charge in [0.1, 0.15) is 0 Å². The van der Waals surface area contributed by atoms with Crippen LogP contribution in [-0.2, 0) is 9.84 Å². The molecule has 4 nitrogen and oxygen atoms in total. The van der Waals surface area contributed by atoms with E-state index >= 15 is 0 Å². The molecule has 0 bridgehead atoms. The van der Waals surface area contributed by atoms with Crippen molar-refractivity contribution in [3.63, 3.8) is 0 Å². The molecule has 1 aliphatic heterocycles. The molecule has 2 rings (SSSR count). The van der Waals surface area contributed by atoms with Crippen molar-refractivity contribution in [1.82, 2.24) is 4.90 Å². The van der Waals surface area contributed by atoms with Crippen LogP contribution >= 0.6 is 11.3 Å². The molecule has 0 N–H and O–H groups in total. The summed E-state index contributed by atoms with van der Waals surface area (Å²) in [5.41, 5.74) is 0. The first-order valence-corrected chi connectivity index (χ1v) is 8.76. The van der Waals surface area contributed by atoms with Crippen LogP contribution in [0.2, 0.25) is 0 Å². The topological polar surface area (TPSA) is 54.5 Å². The van der Waals surface area contributed by atoms with Crippen molar-refractivity contribution >= 4 is 27.0 Å². The highest BCUT2D eigenvalue weighted by Crippen LogP contribution is 2.13. The highest BCUT2D eigenvalue weighted by molar-refractivity contribution is 7.91. The molecule has 2 heterocycles. The Balaban J connectivity index is 1.69. The minimum Gasteiger partial charge on any atom is -0.301 e. The molecular formula is C12H17NO3S2. The van der Waals surface area contributed by atoms with Crippen LogP contribution in [0.25, 0.3) is 0 Å². The number of hydrogen-bond donors (Lipinski definition) is 0. The molecule has 0 aliphatic carbocycles. The fourth-order valence-electron chi connectivity index (χ4n) is 2.00. The summed E-state index contributed by atoms with van der Waals surface area (Å²) in [5, 5.41) is 1.91. The molecule has 1 aliphatic rings. The number of thiophene rings is 1. The number of sulfone groups is 1. The average molecular weight is 287 g/mol. The van der Waals surface area contributed by atoms with Gasteiger partial charge in [-0.2, -0.15) is 0 Å². The summed E-state index contributed by atoms with van der Waals surface area (Å²) in [6.45, 7) is 2.03. The lowest BCUT2D eigenvalue weighted by Crippen LogP contribution is -2.40. The van der Waals surface area contributed by atoms with E-state index in [1.807, 2.05) is 17.5 Å². The molecule has 1 aromatic heterocycles. The Hall–Kier alpha value is -0.720. The third-order valence-corrected chi connectivity index (χ3v) is 5.63. The summed E-state index contributed by atoms with van der Waals surface area (Å²) < 4.78 is 22.5. The fourth-order valence-corrected chi connectivity index (χ4v) is 3.97. The molecule has 0 atom stereocenters. The van der Waals surface area contributed by atoms with Gasteiger partial charge in [-0.15, -0.1) is 11.3 Å². The SMILES string of the molecule is O=C(CCCN1CCS(=O)(=O)CC1)c1cccs1. The van der Waals surface area contributed by atoms with E-state index in [-0.39, 0.29) is 17.3 Å². The molecule has 1 fully saturated rings. The summed E-state index contributed by atoms with van der Waals surface area (Å²) in [4.78, 5) is 14.7. The van der Waals surface area contributed by atoms with Crippen LogP contribution in [0.4, 0.5) is 0 Å². The van der Waals surface area contributed by atoms with Gasteiger partial charge in [-0.05, 0) is 24.4 Å². The van der Waals surface area contributed by atoms with Crippen molar-refractivity contribution in [3.8, 4) is 0 Å². The first-order valence-electron chi connectivity index (χ1n) is 6.06. The van der Waals surface area contributed by atoms with Crippen molar-refractivity contribution in [2.45, 2.75) is 12.8 Å². The standard InChI is InChI=1S/C12H17NO3S2/c14-11(12-4-2-8-17-12)3-1-5-13-6-9-18(15,16)10-7-13/h2,4,8H,1,3,5-7,9-10H2. The number of carbonyl (C=O) groups is 1. The van der Waals surface area contributed by atoms with Gasteiger partial charge in [-0.25, -0.2) is 8.42 Å². The van der Waals surface area contributed by atoms with Gasteiger partial charge in [0.25, 0.3) is 0 Å². The zero-order chi connectivity index (χ0) is 13.0. The molecule has 1 aromatic rings. The van der Waals surface area contributed by atoms with Crippen LogP contribution < -0.4 is 0 Å². The van der Waals surface area contributed by atoms with Gasteiger partial charge < -0.3 is 4.90 Å². The van der Waals surface area contributed by atoms with E-state index in [4.69, 9.17) is 0 Å². The van der Waals surface area contributed by atoms with Crippen molar-refractivity contribution in [1.29, 1.82) is 0 Å². The highest BCUT2D eigenvalue weighted by Gasteiger charge is 2.21. The van der Waals surface area contributed by atoms with Crippen LogP contribution in [0, 0.1) is 0 Å². The molecule has 18 heavy (non-hydrogen) atoms. The van der Waals surface area contributed by atoms with Gasteiger partial charge in [0, 0.05) is 19.5 Å². The lowest BCUT2D eigenvalue weighted by atomic mass is 10.2. The predicted octanol–water partition coefficient (Wildman–Crippen LogP) is 1.44. The Morgan fingerprint density at radius 2 is 2.06 bits per heavy atom. The van der Waals surface area contributed by atoms with Gasteiger partial charge in [-0.3, -0.25) is 4.79 Å². The molecule has 0 saturated carbocycles.